The van der Waals surface area contributed by atoms with E-state index in [4.69, 9.17) is 4.74 Å². The van der Waals surface area contributed by atoms with Crippen molar-refractivity contribution in [3.63, 3.8) is 0 Å². The number of hydrogen-bond acceptors (Lipinski definition) is 4. The van der Waals surface area contributed by atoms with Crippen molar-refractivity contribution in [3.8, 4) is 5.75 Å². The molecule has 1 fully saturated rings. The Morgan fingerprint density at radius 1 is 1.27 bits per heavy atom. The normalized spacial score (nSPS) is 20.8. The maximum atomic E-state index is 13.2. The third-order valence-corrected chi connectivity index (χ3v) is 6.09. The first-order chi connectivity index (χ1) is 14.6. The summed E-state index contributed by atoms with van der Waals surface area (Å²) < 4.78 is 18.7. The Hall–Kier alpha value is -2.86. The average molecular weight is 410 g/mol. The number of halogens is 1. The van der Waals surface area contributed by atoms with Crippen LogP contribution in [0.25, 0.3) is 0 Å². The number of anilines is 1. The van der Waals surface area contributed by atoms with Gasteiger partial charge in [0, 0.05) is 44.5 Å². The molecule has 0 saturated carbocycles. The summed E-state index contributed by atoms with van der Waals surface area (Å²) in [6, 6.07) is 12.8. The van der Waals surface area contributed by atoms with Gasteiger partial charge >= 0.3 is 0 Å². The fourth-order valence-corrected chi connectivity index (χ4v) is 4.56. The van der Waals surface area contributed by atoms with Crippen molar-refractivity contribution in [1.29, 1.82) is 0 Å². The van der Waals surface area contributed by atoms with Gasteiger partial charge in [-0.3, -0.25) is 9.69 Å². The Kier molecular flexibility index (Phi) is 6.04. The van der Waals surface area contributed by atoms with E-state index in [1.807, 2.05) is 18.2 Å². The van der Waals surface area contributed by atoms with Gasteiger partial charge < -0.3 is 15.0 Å². The Balaban J connectivity index is 1.58. The first-order valence-electron chi connectivity index (χ1n) is 10.4. The van der Waals surface area contributed by atoms with Crippen molar-refractivity contribution in [2.24, 2.45) is 5.92 Å². The molecule has 0 spiro atoms. The Morgan fingerprint density at radius 2 is 2.07 bits per heavy atom. The van der Waals surface area contributed by atoms with Gasteiger partial charge in [-0.25, -0.2) is 4.39 Å². The summed E-state index contributed by atoms with van der Waals surface area (Å²) in [5.41, 5.74) is 3.42. The summed E-state index contributed by atoms with van der Waals surface area (Å²) in [6.45, 7) is 7.41. The number of hydrogen-bond donors (Lipinski definition) is 1. The van der Waals surface area contributed by atoms with Gasteiger partial charge in [0.2, 0.25) is 5.91 Å². The number of amides is 1. The molecule has 6 heteroatoms. The fraction of sp³-hybridized carbons (Fsp3) is 0.375. The molecule has 2 aromatic rings. The number of piperazine rings is 1. The number of nitrogens with zero attached hydrogens (tertiary/aromatic N) is 2. The van der Waals surface area contributed by atoms with E-state index in [0.29, 0.717) is 13.0 Å². The number of fused-ring (bicyclic) bond motifs is 3. The van der Waals surface area contributed by atoms with Crippen molar-refractivity contribution in [1.82, 2.24) is 10.2 Å². The van der Waals surface area contributed by atoms with Gasteiger partial charge in [0.05, 0.1) is 19.1 Å². The minimum absolute atomic E-state index is 0.0648. The lowest BCUT2D eigenvalue weighted by Gasteiger charge is -2.49. The van der Waals surface area contributed by atoms with E-state index in [0.717, 1.165) is 43.2 Å². The molecule has 0 radical (unpaired) electrons. The summed E-state index contributed by atoms with van der Waals surface area (Å²) >= 11 is 0. The van der Waals surface area contributed by atoms with Crippen molar-refractivity contribution < 1.29 is 13.9 Å². The van der Waals surface area contributed by atoms with Crippen molar-refractivity contribution in [3.05, 3.63) is 72.1 Å². The molecule has 1 N–H and O–H groups in total. The summed E-state index contributed by atoms with van der Waals surface area (Å²) in [5.74, 6) is 0.535. The van der Waals surface area contributed by atoms with Gasteiger partial charge in [-0.05, 0) is 35.7 Å². The second kappa shape index (κ2) is 8.88. The Morgan fingerprint density at radius 3 is 2.80 bits per heavy atom. The molecule has 5 nitrogen and oxygen atoms in total. The lowest BCUT2D eigenvalue weighted by molar-refractivity contribution is -0.126. The number of nitrogens with one attached hydrogen (secondary N) is 1. The molecular weight excluding hydrogens is 381 g/mol. The predicted molar refractivity (Wildman–Crippen MR) is 116 cm³/mol. The van der Waals surface area contributed by atoms with Crippen LogP contribution in [0.15, 0.2) is 55.1 Å². The standard InChI is InChI=1S/C24H28FN3O2/c1-3-10-26-24(29)21-13-18-6-9-20(30-2)14-22(18)28-12-11-27(16-23(21)28)15-17-4-7-19(25)8-5-17/h3-9,14,21,23H,1,10-13,15-16H2,2H3,(H,26,29). The molecule has 0 bridgehead atoms. The predicted octanol–water partition coefficient (Wildman–Crippen LogP) is 3.00. The molecule has 1 amide bonds. The number of ether oxygens (including phenoxy) is 1. The van der Waals surface area contributed by atoms with Gasteiger partial charge in [-0.2, -0.15) is 0 Å². The van der Waals surface area contributed by atoms with Crippen LogP contribution >= 0.6 is 0 Å². The van der Waals surface area contributed by atoms with Crippen LogP contribution in [-0.2, 0) is 17.8 Å². The van der Waals surface area contributed by atoms with E-state index < -0.39 is 0 Å². The molecule has 2 aliphatic heterocycles. The molecule has 0 aliphatic carbocycles. The highest BCUT2D eigenvalue weighted by molar-refractivity contribution is 5.82. The summed E-state index contributed by atoms with van der Waals surface area (Å²) in [4.78, 5) is 17.7. The largest absolute Gasteiger partial charge is 0.497 e. The van der Waals surface area contributed by atoms with Crippen molar-refractivity contribution >= 4 is 11.6 Å². The first-order valence-corrected chi connectivity index (χ1v) is 10.4. The zero-order valence-electron chi connectivity index (χ0n) is 17.3. The van der Waals surface area contributed by atoms with Crippen LogP contribution in [0.4, 0.5) is 10.1 Å². The maximum absolute atomic E-state index is 13.2. The van der Waals surface area contributed by atoms with Gasteiger partial charge in [-0.15, -0.1) is 6.58 Å². The van der Waals surface area contributed by atoms with Gasteiger partial charge in [0.25, 0.3) is 0 Å². The van der Waals surface area contributed by atoms with Crippen LogP contribution in [0.1, 0.15) is 11.1 Å². The summed E-state index contributed by atoms with van der Waals surface area (Å²) in [5, 5.41) is 2.99. The van der Waals surface area contributed by atoms with Crippen LogP contribution in [0.5, 0.6) is 5.75 Å². The minimum Gasteiger partial charge on any atom is -0.497 e. The van der Waals surface area contributed by atoms with E-state index >= 15 is 0 Å². The van der Waals surface area contributed by atoms with Gasteiger partial charge in [0.15, 0.2) is 0 Å². The van der Waals surface area contributed by atoms with Crippen LogP contribution in [0.2, 0.25) is 0 Å². The second-order valence-electron chi connectivity index (χ2n) is 7.96. The molecular formula is C24H28FN3O2. The zero-order valence-corrected chi connectivity index (χ0v) is 17.3. The molecule has 2 aliphatic rings. The van der Waals surface area contributed by atoms with E-state index in [9.17, 15) is 9.18 Å². The van der Waals surface area contributed by atoms with E-state index in [1.165, 1.54) is 17.7 Å². The van der Waals surface area contributed by atoms with E-state index in [1.54, 1.807) is 13.2 Å². The number of carbonyl (C=O) groups is 1. The number of carbonyl (C=O) groups excluding carboxylic acids is 1. The molecule has 0 aromatic heterocycles. The van der Waals surface area contributed by atoms with Crippen LogP contribution in [-0.4, -0.2) is 50.1 Å². The lowest BCUT2D eigenvalue weighted by Crippen LogP contribution is -2.60. The van der Waals surface area contributed by atoms with Crippen LogP contribution in [0.3, 0.4) is 0 Å². The smallest absolute Gasteiger partial charge is 0.225 e. The number of benzene rings is 2. The highest BCUT2D eigenvalue weighted by Gasteiger charge is 2.41. The molecule has 30 heavy (non-hydrogen) atoms. The Labute approximate surface area is 177 Å². The Bertz CT molecular complexity index is 915. The highest BCUT2D eigenvalue weighted by Crippen LogP contribution is 2.38. The van der Waals surface area contributed by atoms with Crippen molar-refractivity contribution in [2.75, 3.05) is 38.2 Å². The summed E-state index contributed by atoms with van der Waals surface area (Å²) in [6.07, 6.45) is 2.41. The molecule has 2 atom stereocenters. The topological polar surface area (TPSA) is 44.8 Å². The fourth-order valence-electron chi connectivity index (χ4n) is 4.56. The maximum Gasteiger partial charge on any atom is 0.225 e. The van der Waals surface area contributed by atoms with Gasteiger partial charge in [0.1, 0.15) is 11.6 Å². The minimum atomic E-state index is -0.222. The number of rotatable bonds is 6. The van der Waals surface area contributed by atoms with Crippen molar-refractivity contribution in [2.45, 2.75) is 19.0 Å². The SMILES string of the molecule is C=CCNC(=O)C1Cc2ccc(OC)cc2N2CCN(Cc3ccc(F)cc3)CC12. The van der Waals surface area contributed by atoms with Gasteiger partial charge in [-0.1, -0.05) is 24.3 Å². The molecule has 1 saturated heterocycles. The quantitative estimate of drug-likeness (QED) is 0.745. The monoisotopic (exact) mass is 409 g/mol. The molecule has 2 unspecified atom stereocenters. The summed E-state index contributed by atoms with van der Waals surface area (Å²) in [7, 11) is 1.67. The van der Waals surface area contributed by atoms with E-state index in [-0.39, 0.29) is 23.7 Å². The third-order valence-electron chi connectivity index (χ3n) is 6.09. The molecule has 4 rings (SSSR count). The van der Waals surface area contributed by atoms with Crippen LogP contribution in [0, 0.1) is 11.7 Å². The molecule has 2 aromatic carbocycles. The third kappa shape index (κ3) is 4.19. The zero-order chi connectivity index (χ0) is 21.1. The molecule has 158 valence electrons. The average Bonchev–Trinajstić information content (AvgIpc) is 2.78. The molecule has 2 heterocycles. The van der Waals surface area contributed by atoms with Crippen LogP contribution < -0.4 is 15.0 Å². The van der Waals surface area contributed by atoms with E-state index in [2.05, 4.69) is 33.8 Å². The highest BCUT2D eigenvalue weighted by atomic mass is 19.1. The lowest BCUT2D eigenvalue weighted by atomic mass is 9.83. The number of methoxy groups -OCH3 is 1. The first kappa shape index (κ1) is 20.4. The second-order valence-corrected chi connectivity index (χ2v) is 7.96.